The van der Waals surface area contributed by atoms with Crippen LogP contribution in [0.5, 0.6) is 0 Å². The number of nitrogens with one attached hydrogen (secondary N) is 1. The van der Waals surface area contributed by atoms with E-state index < -0.39 is 0 Å². The fourth-order valence-corrected chi connectivity index (χ4v) is 1.07. The fourth-order valence-electron chi connectivity index (χ4n) is 1.07. The van der Waals surface area contributed by atoms with Gasteiger partial charge in [-0.05, 0) is 31.0 Å². The highest BCUT2D eigenvalue weighted by molar-refractivity contribution is 5.78. The summed E-state index contributed by atoms with van der Waals surface area (Å²) in [5, 5.41) is 4.07. The first kappa shape index (κ1) is 11.4. The van der Waals surface area contributed by atoms with E-state index in [1.54, 1.807) is 4.90 Å². The van der Waals surface area contributed by atoms with Crippen LogP contribution in [-0.4, -0.2) is 25.0 Å². The van der Waals surface area contributed by atoms with Crippen LogP contribution < -0.4 is 11.2 Å². The Balaban J connectivity index is 2.81. The van der Waals surface area contributed by atoms with Crippen molar-refractivity contribution in [2.24, 2.45) is 10.8 Å². The molecule has 1 rings (SSSR count). The summed E-state index contributed by atoms with van der Waals surface area (Å²) >= 11 is 0. The maximum atomic E-state index is 5.67. The van der Waals surface area contributed by atoms with Gasteiger partial charge in [0.15, 0.2) is 0 Å². The minimum Gasteiger partial charge on any atom is -0.368 e. The number of hydrogen-bond acceptors (Lipinski definition) is 2. The normalized spacial score (nSPS) is 11.3. The maximum Gasteiger partial charge on any atom is 0.213 e. The molecule has 15 heavy (non-hydrogen) atoms. The van der Waals surface area contributed by atoms with Crippen molar-refractivity contribution in [2.45, 2.75) is 13.8 Å². The summed E-state index contributed by atoms with van der Waals surface area (Å²) < 4.78 is 0. The summed E-state index contributed by atoms with van der Waals surface area (Å²) in [4.78, 5) is 1.75. The zero-order chi connectivity index (χ0) is 11.4. The summed E-state index contributed by atoms with van der Waals surface area (Å²) in [6, 6.07) is 6.17. The number of aryl methyl sites for hydroxylation is 2. The van der Waals surface area contributed by atoms with Crippen LogP contribution in [0.2, 0.25) is 0 Å². The zero-order valence-corrected chi connectivity index (χ0v) is 9.70. The molecule has 0 atom stereocenters. The predicted molar refractivity (Wildman–Crippen MR) is 64.8 cm³/mol. The van der Waals surface area contributed by atoms with Crippen LogP contribution in [0.15, 0.2) is 23.3 Å². The molecule has 0 aliphatic rings. The molecular weight excluding hydrogens is 188 g/mol. The molecule has 0 aromatic heterocycles. The van der Waals surface area contributed by atoms with Crippen LogP contribution in [0.3, 0.4) is 0 Å². The van der Waals surface area contributed by atoms with Crippen molar-refractivity contribution >= 4 is 11.6 Å². The van der Waals surface area contributed by atoms with E-state index in [9.17, 15) is 0 Å². The van der Waals surface area contributed by atoms with Gasteiger partial charge in [0.2, 0.25) is 5.96 Å². The Kier molecular flexibility index (Phi) is 3.55. The summed E-state index contributed by atoms with van der Waals surface area (Å²) in [6.45, 7) is 4.08. The first-order valence-corrected chi connectivity index (χ1v) is 4.84. The Hall–Kier alpha value is -1.71. The molecule has 0 unspecified atom stereocenters. The van der Waals surface area contributed by atoms with E-state index in [-0.39, 0.29) is 0 Å². The van der Waals surface area contributed by atoms with Gasteiger partial charge in [-0.2, -0.15) is 0 Å². The number of benzene rings is 1. The van der Waals surface area contributed by atoms with Crippen molar-refractivity contribution in [1.82, 2.24) is 4.90 Å². The topological polar surface area (TPSA) is 53.6 Å². The highest BCUT2D eigenvalue weighted by atomic mass is 15.4. The van der Waals surface area contributed by atoms with Gasteiger partial charge in [-0.3, -0.25) is 5.43 Å². The minimum atomic E-state index is 0.455. The third-order valence-electron chi connectivity index (χ3n) is 2.14. The van der Waals surface area contributed by atoms with Gasteiger partial charge >= 0.3 is 0 Å². The van der Waals surface area contributed by atoms with Crippen LogP contribution in [0.4, 0.5) is 5.69 Å². The van der Waals surface area contributed by atoms with Crippen molar-refractivity contribution in [3.63, 3.8) is 0 Å². The number of nitrogens with two attached hydrogens (primary N) is 1. The first-order valence-electron chi connectivity index (χ1n) is 4.84. The second-order valence-electron chi connectivity index (χ2n) is 3.79. The predicted octanol–water partition coefficient (Wildman–Crippen LogP) is 1.51. The quantitative estimate of drug-likeness (QED) is 0.438. The SMILES string of the molecule is Cc1ccc(C)c(N/N=C(\N)N(C)C)c1. The zero-order valence-electron chi connectivity index (χ0n) is 9.70. The Morgan fingerprint density at radius 3 is 2.60 bits per heavy atom. The van der Waals surface area contributed by atoms with Gasteiger partial charge in [0.05, 0.1) is 5.69 Å². The Morgan fingerprint density at radius 1 is 1.33 bits per heavy atom. The molecule has 0 saturated heterocycles. The third kappa shape index (κ3) is 3.16. The summed E-state index contributed by atoms with van der Waals surface area (Å²) in [7, 11) is 3.70. The number of rotatable bonds is 2. The highest BCUT2D eigenvalue weighted by Gasteiger charge is 1.98. The van der Waals surface area contributed by atoms with Crippen LogP contribution in [0.1, 0.15) is 11.1 Å². The highest BCUT2D eigenvalue weighted by Crippen LogP contribution is 2.15. The molecule has 0 spiro atoms. The van der Waals surface area contributed by atoms with Crippen LogP contribution in [0, 0.1) is 13.8 Å². The molecule has 3 N–H and O–H groups in total. The minimum absolute atomic E-state index is 0.455. The Morgan fingerprint density at radius 2 is 2.00 bits per heavy atom. The van der Waals surface area contributed by atoms with Crippen LogP contribution in [-0.2, 0) is 0 Å². The van der Waals surface area contributed by atoms with Crippen molar-refractivity contribution in [1.29, 1.82) is 0 Å². The maximum absolute atomic E-state index is 5.67. The van der Waals surface area contributed by atoms with Crippen molar-refractivity contribution in [3.05, 3.63) is 29.3 Å². The number of guanidine groups is 1. The molecule has 0 fully saturated rings. The average molecular weight is 206 g/mol. The lowest BCUT2D eigenvalue weighted by Crippen LogP contribution is -2.31. The van der Waals surface area contributed by atoms with E-state index in [4.69, 9.17) is 5.73 Å². The van der Waals surface area contributed by atoms with Gasteiger partial charge in [-0.1, -0.05) is 12.1 Å². The monoisotopic (exact) mass is 206 g/mol. The Labute approximate surface area is 90.8 Å². The van der Waals surface area contributed by atoms with Gasteiger partial charge in [0.1, 0.15) is 0 Å². The van der Waals surface area contributed by atoms with Gasteiger partial charge in [-0.25, -0.2) is 0 Å². The van der Waals surface area contributed by atoms with E-state index in [2.05, 4.69) is 22.7 Å². The number of hydrazone groups is 1. The van der Waals surface area contributed by atoms with E-state index in [1.165, 1.54) is 5.56 Å². The van der Waals surface area contributed by atoms with Gasteiger partial charge < -0.3 is 10.6 Å². The molecule has 0 saturated carbocycles. The van der Waals surface area contributed by atoms with Crippen LogP contribution in [0.25, 0.3) is 0 Å². The molecule has 0 heterocycles. The molecule has 1 aromatic rings. The molecule has 4 nitrogen and oxygen atoms in total. The molecule has 1 aromatic carbocycles. The molecular formula is C11H18N4. The third-order valence-corrected chi connectivity index (χ3v) is 2.14. The number of hydrogen-bond donors (Lipinski definition) is 2. The molecule has 0 radical (unpaired) electrons. The molecule has 0 aliphatic heterocycles. The van der Waals surface area contributed by atoms with E-state index in [0.29, 0.717) is 5.96 Å². The smallest absolute Gasteiger partial charge is 0.213 e. The van der Waals surface area contributed by atoms with E-state index in [0.717, 1.165) is 11.3 Å². The van der Waals surface area contributed by atoms with Crippen molar-refractivity contribution in [2.75, 3.05) is 19.5 Å². The summed E-state index contributed by atoms with van der Waals surface area (Å²) in [6.07, 6.45) is 0. The lowest BCUT2D eigenvalue weighted by atomic mass is 10.1. The lowest BCUT2D eigenvalue weighted by molar-refractivity contribution is 0.613. The lowest BCUT2D eigenvalue weighted by Gasteiger charge is -2.12. The average Bonchev–Trinajstić information content (AvgIpc) is 2.18. The summed E-state index contributed by atoms with van der Waals surface area (Å²) in [5.41, 5.74) is 12.0. The molecule has 0 bridgehead atoms. The Bertz CT molecular complexity index is 369. The number of nitrogens with zero attached hydrogens (tertiary/aromatic N) is 2. The summed E-state index contributed by atoms with van der Waals surface area (Å²) in [5.74, 6) is 0.455. The standard InChI is InChI=1S/C11H18N4/c1-8-5-6-9(2)10(7-8)13-14-11(12)15(3)4/h5-7,13H,1-4H3,(H2,12,14). The molecule has 82 valence electrons. The van der Waals surface area contributed by atoms with Gasteiger partial charge in [0.25, 0.3) is 0 Å². The number of anilines is 1. The van der Waals surface area contributed by atoms with Crippen molar-refractivity contribution < 1.29 is 0 Å². The van der Waals surface area contributed by atoms with Gasteiger partial charge in [-0.15, -0.1) is 5.10 Å². The fraction of sp³-hybridized carbons (Fsp3) is 0.364. The van der Waals surface area contributed by atoms with E-state index >= 15 is 0 Å². The largest absolute Gasteiger partial charge is 0.368 e. The first-order chi connectivity index (χ1) is 7.00. The van der Waals surface area contributed by atoms with Crippen LogP contribution >= 0.6 is 0 Å². The second-order valence-corrected chi connectivity index (χ2v) is 3.79. The van der Waals surface area contributed by atoms with E-state index in [1.807, 2.05) is 34.0 Å². The molecule has 4 heteroatoms. The second kappa shape index (κ2) is 4.68. The van der Waals surface area contributed by atoms with Crippen molar-refractivity contribution in [3.8, 4) is 0 Å². The molecule has 0 aliphatic carbocycles. The van der Waals surface area contributed by atoms with Gasteiger partial charge in [0, 0.05) is 14.1 Å². The molecule has 0 amide bonds.